The van der Waals surface area contributed by atoms with Crippen molar-refractivity contribution in [2.75, 3.05) is 5.32 Å². The molecule has 4 rings (SSSR count). The largest absolute Gasteiger partial charge is 0.310 e. The molecule has 23 heavy (non-hydrogen) atoms. The second-order valence-electron chi connectivity index (χ2n) is 6.76. The summed E-state index contributed by atoms with van der Waals surface area (Å²) in [6.45, 7) is 2.90. The highest BCUT2D eigenvalue weighted by atomic mass is 35.5. The molecule has 0 bridgehead atoms. The van der Waals surface area contributed by atoms with E-state index in [0.29, 0.717) is 0 Å². The molecule has 2 saturated carbocycles. The average molecular weight is 330 g/mol. The maximum absolute atomic E-state index is 12.6. The molecule has 1 N–H and O–H groups in total. The summed E-state index contributed by atoms with van der Waals surface area (Å²) < 4.78 is 1.94. The Bertz CT molecular complexity index is 750. The predicted octanol–water partition coefficient (Wildman–Crippen LogP) is 4.00. The molecule has 120 valence electrons. The van der Waals surface area contributed by atoms with Crippen LogP contribution >= 0.6 is 11.6 Å². The third-order valence-corrected chi connectivity index (χ3v) is 5.17. The fraction of sp³-hybridized carbons (Fsp3) is 0.444. The van der Waals surface area contributed by atoms with Gasteiger partial charge in [0, 0.05) is 23.0 Å². The first-order chi connectivity index (χ1) is 11.1. The fourth-order valence-corrected chi connectivity index (χ4v) is 3.41. The summed E-state index contributed by atoms with van der Waals surface area (Å²) in [5.74, 6) is 1.91. The second-order valence-corrected chi connectivity index (χ2v) is 7.17. The number of hydrogen-bond acceptors (Lipinski definition) is 2. The number of aryl methyl sites for hydroxylation is 1. The molecular formula is C18H20ClN3O. The first-order valence-corrected chi connectivity index (χ1v) is 8.59. The van der Waals surface area contributed by atoms with Crippen LogP contribution in [0.5, 0.6) is 0 Å². The zero-order chi connectivity index (χ0) is 16.0. The standard InChI is InChI=1S/C18H20ClN3O/c1-11-9-20-22(10-12-6-7-12)17(11)21-18(23)15-8-14(15)13-4-2-3-5-16(13)19/h2-5,9,12,14-15H,6-8,10H2,1H3,(H,21,23)/t14-,15-/m0/s1. The highest BCUT2D eigenvalue weighted by molar-refractivity contribution is 6.31. The summed E-state index contributed by atoms with van der Waals surface area (Å²) in [4.78, 5) is 12.6. The van der Waals surface area contributed by atoms with Gasteiger partial charge in [-0.2, -0.15) is 5.10 Å². The minimum Gasteiger partial charge on any atom is -0.310 e. The summed E-state index contributed by atoms with van der Waals surface area (Å²) in [5.41, 5.74) is 2.10. The average Bonchev–Trinajstić information content (AvgIpc) is 3.43. The van der Waals surface area contributed by atoms with Gasteiger partial charge in [0.15, 0.2) is 0 Å². The van der Waals surface area contributed by atoms with Gasteiger partial charge in [0.1, 0.15) is 5.82 Å². The van der Waals surface area contributed by atoms with E-state index in [9.17, 15) is 4.79 Å². The van der Waals surface area contributed by atoms with Crippen LogP contribution in [-0.4, -0.2) is 15.7 Å². The van der Waals surface area contributed by atoms with Gasteiger partial charge in [-0.1, -0.05) is 29.8 Å². The van der Waals surface area contributed by atoms with E-state index in [1.165, 1.54) is 12.8 Å². The molecule has 1 aromatic heterocycles. The molecular weight excluding hydrogens is 310 g/mol. The fourth-order valence-electron chi connectivity index (χ4n) is 3.14. The minimum absolute atomic E-state index is 0.0126. The van der Waals surface area contributed by atoms with Crippen LogP contribution in [0.15, 0.2) is 30.5 Å². The number of aromatic nitrogens is 2. The van der Waals surface area contributed by atoms with Gasteiger partial charge in [-0.25, -0.2) is 4.68 Å². The van der Waals surface area contributed by atoms with Gasteiger partial charge in [-0.05, 0) is 49.7 Å². The van der Waals surface area contributed by atoms with Crippen LogP contribution < -0.4 is 5.32 Å². The molecule has 1 heterocycles. The molecule has 1 amide bonds. The van der Waals surface area contributed by atoms with Gasteiger partial charge >= 0.3 is 0 Å². The van der Waals surface area contributed by atoms with E-state index in [-0.39, 0.29) is 17.7 Å². The zero-order valence-electron chi connectivity index (χ0n) is 13.1. The Hall–Kier alpha value is -1.81. The first kappa shape index (κ1) is 14.8. The smallest absolute Gasteiger partial charge is 0.229 e. The number of hydrogen-bond donors (Lipinski definition) is 1. The number of benzene rings is 1. The third-order valence-electron chi connectivity index (χ3n) is 4.82. The lowest BCUT2D eigenvalue weighted by molar-refractivity contribution is -0.117. The van der Waals surface area contributed by atoms with Crippen LogP contribution in [0, 0.1) is 18.8 Å². The van der Waals surface area contributed by atoms with Crippen LogP contribution in [0.3, 0.4) is 0 Å². The molecule has 2 fully saturated rings. The lowest BCUT2D eigenvalue weighted by Gasteiger charge is -2.10. The number of halogens is 1. The van der Waals surface area contributed by atoms with E-state index >= 15 is 0 Å². The molecule has 0 radical (unpaired) electrons. The Kier molecular flexibility index (Phi) is 3.64. The third kappa shape index (κ3) is 3.00. The quantitative estimate of drug-likeness (QED) is 0.901. The lowest BCUT2D eigenvalue weighted by atomic mass is 10.1. The summed E-state index contributed by atoms with van der Waals surface area (Å²) in [5, 5.41) is 8.24. The molecule has 5 heteroatoms. The van der Waals surface area contributed by atoms with Gasteiger partial charge in [0.2, 0.25) is 5.91 Å². The van der Waals surface area contributed by atoms with Gasteiger partial charge < -0.3 is 5.32 Å². The topological polar surface area (TPSA) is 46.9 Å². The summed E-state index contributed by atoms with van der Waals surface area (Å²) in [6.07, 6.45) is 5.23. The molecule has 0 unspecified atom stereocenters. The Morgan fingerprint density at radius 3 is 2.91 bits per heavy atom. The maximum Gasteiger partial charge on any atom is 0.229 e. The van der Waals surface area contributed by atoms with E-state index < -0.39 is 0 Å². The Morgan fingerprint density at radius 2 is 2.17 bits per heavy atom. The highest BCUT2D eigenvalue weighted by Crippen LogP contribution is 2.50. The lowest BCUT2D eigenvalue weighted by Crippen LogP contribution is -2.19. The molecule has 4 nitrogen and oxygen atoms in total. The Morgan fingerprint density at radius 1 is 1.39 bits per heavy atom. The SMILES string of the molecule is Cc1cnn(CC2CC2)c1NC(=O)[C@H]1C[C@H]1c1ccccc1Cl. The van der Waals surface area contributed by atoms with Gasteiger partial charge in [0.25, 0.3) is 0 Å². The number of rotatable bonds is 5. The summed E-state index contributed by atoms with van der Waals surface area (Å²) in [6, 6.07) is 7.80. The van der Waals surface area contributed by atoms with E-state index in [0.717, 1.165) is 40.9 Å². The van der Waals surface area contributed by atoms with E-state index in [2.05, 4.69) is 10.4 Å². The van der Waals surface area contributed by atoms with E-state index in [4.69, 9.17) is 11.6 Å². The van der Waals surface area contributed by atoms with Gasteiger partial charge in [-0.3, -0.25) is 4.79 Å². The summed E-state index contributed by atoms with van der Waals surface area (Å²) in [7, 11) is 0. The number of nitrogens with one attached hydrogen (secondary N) is 1. The van der Waals surface area contributed by atoms with Crippen molar-refractivity contribution >= 4 is 23.3 Å². The molecule has 0 saturated heterocycles. The number of nitrogens with zero attached hydrogens (tertiary/aromatic N) is 2. The van der Waals surface area contributed by atoms with Crippen LogP contribution in [0.25, 0.3) is 0 Å². The molecule has 2 aliphatic rings. The zero-order valence-corrected chi connectivity index (χ0v) is 13.9. The van der Waals surface area contributed by atoms with Crippen LogP contribution in [0.1, 0.15) is 36.3 Å². The molecule has 0 aliphatic heterocycles. The number of carbonyl (C=O) groups is 1. The summed E-state index contributed by atoms with van der Waals surface area (Å²) >= 11 is 6.24. The molecule has 1 aromatic carbocycles. The van der Waals surface area contributed by atoms with E-state index in [1.807, 2.05) is 42.1 Å². The van der Waals surface area contributed by atoms with Crippen molar-refractivity contribution < 1.29 is 4.79 Å². The van der Waals surface area contributed by atoms with Crippen molar-refractivity contribution in [3.05, 3.63) is 46.6 Å². The van der Waals surface area contributed by atoms with Crippen molar-refractivity contribution in [2.24, 2.45) is 11.8 Å². The monoisotopic (exact) mass is 329 g/mol. The molecule has 0 spiro atoms. The highest BCUT2D eigenvalue weighted by Gasteiger charge is 2.45. The van der Waals surface area contributed by atoms with E-state index in [1.54, 1.807) is 0 Å². The molecule has 2 atom stereocenters. The number of anilines is 1. The normalized spacial score (nSPS) is 22.9. The number of carbonyl (C=O) groups excluding carboxylic acids is 1. The van der Waals surface area contributed by atoms with Gasteiger partial charge in [-0.15, -0.1) is 0 Å². The van der Waals surface area contributed by atoms with Crippen LogP contribution in [-0.2, 0) is 11.3 Å². The first-order valence-electron chi connectivity index (χ1n) is 8.21. The Labute approximate surface area is 140 Å². The molecule has 2 aromatic rings. The maximum atomic E-state index is 12.6. The van der Waals surface area contributed by atoms with Gasteiger partial charge in [0.05, 0.1) is 6.20 Å². The molecule has 2 aliphatic carbocycles. The number of amides is 1. The van der Waals surface area contributed by atoms with Crippen molar-refractivity contribution in [3.8, 4) is 0 Å². The Balaban J connectivity index is 1.45. The second kappa shape index (κ2) is 5.68. The van der Waals surface area contributed by atoms with Crippen molar-refractivity contribution in [1.82, 2.24) is 9.78 Å². The van der Waals surface area contributed by atoms with Crippen molar-refractivity contribution in [3.63, 3.8) is 0 Å². The van der Waals surface area contributed by atoms with Crippen molar-refractivity contribution in [1.29, 1.82) is 0 Å². The van der Waals surface area contributed by atoms with Crippen LogP contribution in [0.4, 0.5) is 5.82 Å². The predicted molar refractivity (Wildman–Crippen MR) is 90.6 cm³/mol. The van der Waals surface area contributed by atoms with Crippen LogP contribution in [0.2, 0.25) is 5.02 Å². The minimum atomic E-state index is 0.0126. The van der Waals surface area contributed by atoms with Crippen molar-refractivity contribution in [2.45, 2.75) is 38.6 Å².